The predicted molar refractivity (Wildman–Crippen MR) is 282 cm³/mol. The van der Waals surface area contributed by atoms with Crippen LogP contribution < -0.4 is 50.4 Å². The van der Waals surface area contributed by atoms with Crippen LogP contribution in [0, 0.1) is 0 Å². The van der Waals surface area contributed by atoms with Crippen LogP contribution in [-0.4, -0.2) is 177 Å². The molecule has 0 spiro atoms. The van der Waals surface area contributed by atoms with Gasteiger partial charge in [0.1, 0.15) is 24.2 Å². The van der Waals surface area contributed by atoms with E-state index in [0.29, 0.717) is 70.3 Å². The Kier molecular flexibility index (Phi) is 28.0. The molecule has 5 atom stereocenters. The van der Waals surface area contributed by atoms with Crippen molar-refractivity contribution in [2.45, 2.75) is 121 Å². The lowest BCUT2D eigenvalue weighted by molar-refractivity contribution is -0.142. The maximum Gasteiger partial charge on any atom is 0.243 e. The van der Waals surface area contributed by atoms with Crippen molar-refractivity contribution in [3.05, 3.63) is 54.2 Å². The van der Waals surface area contributed by atoms with Crippen molar-refractivity contribution in [2.24, 2.45) is 39.4 Å². The third kappa shape index (κ3) is 21.0. The summed E-state index contributed by atoms with van der Waals surface area (Å²) >= 11 is 4.28. The number of para-hydroxylation sites is 1. The van der Waals surface area contributed by atoms with Gasteiger partial charge in [0, 0.05) is 107 Å². The van der Waals surface area contributed by atoms with E-state index in [2.05, 4.69) is 48.5 Å². The summed E-state index contributed by atoms with van der Waals surface area (Å²) in [5, 5.41) is 19.2. The van der Waals surface area contributed by atoms with E-state index in [1.54, 1.807) is 6.20 Å². The number of H-pyrrole nitrogens is 2. The minimum Gasteiger partial charge on any atom is -0.391 e. The van der Waals surface area contributed by atoms with E-state index in [1.165, 1.54) is 34.1 Å². The number of aliphatic imine (C=N–C) groups is 1. The number of imidazole rings is 1. The molecule has 0 saturated heterocycles. The molecule has 0 aliphatic heterocycles. The number of unbranched alkanes of at least 4 members (excludes halogenated alkanes) is 4. The number of primary amides is 1. The van der Waals surface area contributed by atoms with E-state index in [-0.39, 0.29) is 101 Å². The number of amides is 7. The highest BCUT2D eigenvalue weighted by atomic mass is 32.1. The highest BCUT2D eigenvalue weighted by molar-refractivity contribution is 7.80. The Morgan fingerprint density at radius 2 is 1.26 bits per heavy atom. The second kappa shape index (κ2) is 33.4. The van der Waals surface area contributed by atoms with Crippen molar-refractivity contribution in [2.75, 3.05) is 64.7 Å². The average Bonchev–Trinajstić information content (AvgIpc) is 4.04. The Morgan fingerprint density at radius 3 is 1.81 bits per heavy atom. The van der Waals surface area contributed by atoms with Crippen LogP contribution in [0.4, 0.5) is 0 Å². The molecule has 3 aromatic rings. The number of fused-ring (bicyclic) bond motifs is 1. The van der Waals surface area contributed by atoms with E-state index in [4.69, 9.17) is 34.4 Å². The van der Waals surface area contributed by atoms with E-state index in [9.17, 15) is 38.7 Å². The number of nitrogens with two attached hydrogens (primary N) is 6. The van der Waals surface area contributed by atoms with Gasteiger partial charge in [0.25, 0.3) is 0 Å². The lowest BCUT2D eigenvalue weighted by atomic mass is 10.0. The molecule has 18 N–H and O–H groups in total. The summed E-state index contributed by atoms with van der Waals surface area (Å²) in [4.78, 5) is 115. The van der Waals surface area contributed by atoms with Gasteiger partial charge in [-0.2, -0.15) is 12.6 Å². The maximum atomic E-state index is 14.6. The van der Waals surface area contributed by atoms with Crippen LogP contribution in [-0.2, 0) is 46.4 Å². The van der Waals surface area contributed by atoms with Crippen LogP contribution >= 0.6 is 12.6 Å². The number of guanidine groups is 1. The fourth-order valence-corrected chi connectivity index (χ4v) is 8.48. The van der Waals surface area contributed by atoms with Crippen molar-refractivity contribution in [3.8, 4) is 0 Å². The van der Waals surface area contributed by atoms with Gasteiger partial charge in [-0.1, -0.05) is 24.6 Å². The van der Waals surface area contributed by atoms with Crippen molar-refractivity contribution < 1.29 is 38.7 Å². The molecular formula is C48H80N16O8S. The summed E-state index contributed by atoms with van der Waals surface area (Å²) < 4.78 is 0. The quantitative estimate of drug-likeness (QED) is 0.0132. The molecule has 73 heavy (non-hydrogen) atoms. The summed E-state index contributed by atoms with van der Waals surface area (Å²) in [6, 6.07) is 3.04. The lowest BCUT2D eigenvalue weighted by Crippen LogP contribution is -2.56. The fraction of sp³-hybridized carbons (Fsp3) is 0.604. The molecule has 25 heteroatoms. The fourth-order valence-electron chi connectivity index (χ4n) is 8.29. The first-order valence-electron chi connectivity index (χ1n) is 25.1. The van der Waals surface area contributed by atoms with E-state index < -0.39 is 59.8 Å². The Balaban J connectivity index is 1.95. The zero-order chi connectivity index (χ0) is 53.7. The number of aromatic nitrogens is 3. The molecule has 24 nitrogen and oxygen atoms in total. The van der Waals surface area contributed by atoms with E-state index in [1.807, 2.05) is 24.3 Å². The third-order valence-electron chi connectivity index (χ3n) is 12.3. The number of thiol groups is 1. The number of carbonyl (C=O) groups excluding carboxylic acids is 7. The Labute approximate surface area is 432 Å². The second-order valence-electron chi connectivity index (χ2n) is 17.8. The van der Waals surface area contributed by atoms with Gasteiger partial charge in [0.15, 0.2) is 5.96 Å². The molecule has 2 heterocycles. The minimum absolute atomic E-state index is 0.00457. The first-order valence-corrected chi connectivity index (χ1v) is 25.7. The SMILES string of the molecule is C[C@@H](O)[C@H](N)C(=O)NCCN(C(=O)CCS)[C@@H](Cc1c[nH]c2ccccc12)C(=O)NCCN(C(=O)CCCCCN)[C@@H](Cc1cnc[nH]1)C(=O)NCCN(C(=O)CCCCN=C(N)N)[C@@H](CCCCN)C(N)=O. The van der Waals surface area contributed by atoms with Gasteiger partial charge in [-0.15, -0.1) is 0 Å². The molecule has 7 amide bonds. The number of hydrogen-bond acceptors (Lipinski definition) is 14. The minimum atomic E-state index is -1.22. The molecule has 0 radical (unpaired) electrons. The van der Waals surface area contributed by atoms with E-state index >= 15 is 0 Å². The van der Waals surface area contributed by atoms with Crippen molar-refractivity contribution >= 4 is 70.8 Å². The van der Waals surface area contributed by atoms with Crippen LogP contribution in [0.25, 0.3) is 10.9 Å². The van der Waals surface area contributed by atoms with Gasteiger partial charge >= 0.3 is 0 Å². The zero-order valence-corrected chi connectivity index (χ0v) is 43.0. The number of nitrogens with zero attached hydrogens (tertiary/aromatic N) is 5. The standard InChI is InChI=1S/C48H80N16O8S/c1-32(65)43(51)47(72)58-22-25-63(42(68)16-26-73)38(27-33-29-60-36-12-5-4-11-35(33)36)45(70)56-21-24-64(41(67)14-3-2-8-17-49)39(28-34-30-55-31-61-34)46(71)57-20-23-62(37(44(52)69)13-6-9-18-50)40(66)15-7-10-19-59-48(53)54/h4-5,11-12,29-32,37-39,43,60,65,73H,2-3,6-10,13-28,49-51H2,1H3,(H2,52,69)(H,55,61)(H,56,70)(H,57,71)(H,58,72)(H4,53,54,59)/t32-,37+,38+,39+,43+/m1/s1. The summed E-state index contributed by atoms with van der Waals surface area (Å²) in [5.41, 5.74) is 36.1. The number of benzene rings is 1. The highest BCUT2D eigenvalue weighted by Crippen LogP contribution is 2.22. The number of nitrogens with one attached hydrogen (secondary N) is 5. The number of aromatic amines is 2. The first-order chi connectivity index (χ1) is 35.0. The van der Waals surface area contributed by atoms with Crippen LogP contribution in [0.2, 0.25) is 0 Å². The molecule has 0 aliphatic carbocycles. The Bertz CT molecular complexity index is 2200. The average molecular weight is 1040 g/mol. The first kappa shape index (κ1) is 61.0. The molecule has 0 unspecified atom stereocenters. The molecule has 2 aromatic heterocycles. The van der Waals surface area contributed by atoms with Crippen molar-refractivity contribution in [3.63, 3.8) is 0 Å². The second-order valence-corrected chi connectivity index (χ2v) is 18.3. The third-order valence-corrected chi connectivity index (χ3v) is 12.5. The van der Waals surface area contributed by atoms with Gasteiger partial charge in [-0.3, -0.25) is 38.6 Å². The Hall–Kier alpha value is -6.28. The molecular weight excluding hydrogens is 961 g/mol. The molecule has 0 saturated carbocycles. The normalized spacial score (nSPS) is 13.2. The highest BCUT2D eigenvalue weighted by Gasteiger charge is 2.34. The van der Waals surface area contributed by atoms with Gasteiger partial charge in [0.2, 0.25) is 41.4 Å². The maximum absolute atomic E-state index is 14.6. The number of aliphatic hydroxyl groups is 1. The van der Waals surface area contributed by atoms with Crippen LogP contribution in [0.1, 0.15) is 88.8 Å². The topological polar surface area (TPSA) is 398 Å². The van der Waals surface area contributed by atoms with Crippen molar-refractivity contribution in [1.82, 2.24) is 45.6 Å². The van der Waals surface area contributed by atoms with Crippen LogP contribution in [0.5, 0.6) is 0 Å². The number of aliphatic hydroxyl groups excluding tert-OH is 1. The molecule has 0 fully saturated rings. The summed E-state index contributed by atoms with van der Waals surface area (Å²) in [6.07, 6.45) is 7.91. The molecule has 0 bridgehead atoms. The van der Waals surface area contributed by atoms with Crippen LogP contribution in [0.3, 0.4) is 0 Å². The van der Waals surface area contributed by atoms with E-state index in [0.717, 1.165) is 16.5 Å². The van der Waals surface area contributed by atoms with Gasteiger partial charge in [-0.25, -0.2) is 4.98 Å². The molecule has 406 valence electrons. The molecule has 3 rings (SSSR count). The Morgan fingerprint density at radius 1 is 0.712 bits per heavy atom. The smallest absolute Gasteiger partial charge is 0.243 e. The largest absolute Gasteiger partial charge is 0.391 e. The van der Waals surface area contributed by atoms with Gasteiger partial charge in [0.05, 0.1) is 12.4 Å². The molecule has 0 aliphatic rings. The lowest BCUT2D eigenvalue weighted by Gasteiger charge is -2.34. The molecule has 1 aromatic carbocycles. The number of carbonyl (C=O) groups is 7. The zero-order valence-electron chi connectivity index (χ0n) is 42.1. The van der Waals surface area contributed by atoms with Gasteiger partial charge in [-0.05, 0) is 82.3 Å². The predicted octanol–water partition coefficient (Wildman–Crippen LogP) is -1.78. The van der Waals surface area contributed by atoms with Crippen LogP contribution in [0.15, 0.2) is 48.0 Å². The van der Waals surface area contributed by atoms with Gasteiger partial charge < -0.3 is 80.1 Å². The van der Waals surface area contributed by atoms with Crippen molar-refractivity contribution in [1.29, 1.82) is 0 Å². The monoisotopic (exact) mass is 1040 g/mol. The summed E-state index contributed by atoms with van der Waals surface area (Å²) in [5.74, 6) is -3.50. The summed E-state index contributed by atoms with van der Waals surface area (Å²) in [6.45, 7) is 1.86. The summed E-state index contributed by atoms with van der Waals surface area (Å²) in [7, 11) is 0. The number of rotatable bonds is 37. The number of hydrogen-bond donors (Lipinski definition) is 13.